The summed E-state index contributed by atoms with van der Waals surface area (Å²) in [5.41, 5.74) is -0.335. The highest BCUT2D eigenvalue weighted by Crippen LogP contribution is 2.66. The van der Waals surface area contributed by atoms with Crippen LogP contribution in [0.3, 0.4) is 0 Å². The molecule has 6 nitrogen and oxygen atoms in total. The lowest BCUT2D eigenvalue weighted by Gasteiger charge is -2.40. The number of hydrogen-bond donors (Lipinski definition) is 1. The van der Waals surface area contributed by atoms with Crippen molar-refractivity contribution in [2.24, 2.45) is 17.3 Å². The fourth-order valence-electron chi connectivity index (χ4n) is 5.59. The van der Waals surface area contributed by atoms with Gasteiger partial charge in [-0.15, -0.1) is 0 Å². The highest BCUT2D eigenvalue weighted by atomic mass is 16.6. The Hall–Kier alpha value is -1.59. The first-order valence-corrected chi connectivity index (χ1v) is 8.54. The molecule has 0 spiro atoms. The molecular formula is C17H25N3O3. The molecule has 0 aliphatic heterocycles. The van der Waals surface area contributed by atoms with E-state index in [1.165, 1.54) is 19.2 Å². The van der Waals surface area contributed by atoms with Crippen LogP contribution in [-0.2, 0) is 11.2 Å². The molecular weight excluding hydrogens is 294 g/mol. The Morgan fingerprint density at radius 2 is 2.26 bits per heavy atom. The van der Waals surface area contributed by atoms with E-state index >= 15 is 0 Å². The number of hydrogen-bond acceptors (Lipinski definition) is 5. The Bertz CT molecular complexity index is 609. The molecule has 4 unspecified atom stereocenters. The van der Waals surface area contributed by atoms with E-state index in [0.717, 1.165) is 31.5 Å². The minimum absolute atomic E-state index is 0.0883. The van der Waals surface area contributed by atoms with Crippen molar-refractivity contribution in [3.63, 3.8) is 0 Å². The van der Waals surface area contributed by atoms with Crippen molar-refractivity contribution in [2.75, 3.05) is 0 Å². The minimum atomic E-state index is -0.460. The van der Waals surface area contributed by atoms with Gasteiger partial charge in [0.2, 0.25) is 6.39 Å². The molecule has 5 rings (SSSR count). The summed E-state index contributed by atoms with van der Waals surface area (Å²) in [6.07, 6.45) is 7.67. The van der Waals surface area contributed by atoms with Crippen LogP contribution in [0.15, 0.2) is 10.9 Å². The van der Waals surface area contributed by atoms with Crippen molar-refractivity contribution in [2.45, 2.75) is 70.4 Å². The van der Waals surface area contributed by atoms with E-state index in [0.29, 0.717) is 11.8 Å². The van der Waals surface area contributed by atoms with Crippen LogP contribution < -0.4 is 5.32 Å². The number of amides is 1. The number of aromatic nitrogens is 2. The van der Waals surface area contributed by atoms with Crippen LogP contribution >= 0.6 is 0 Å². The molecule has 4 fully saturated rings. The number of nitrogens with one attached hydrogen (secondary N) is 1. The highest BCUT2D eigenvalue weighted by molar-refractivity contribution is 5.69. The topological polar surface area (TPSA) is 77.2 Å². The maximum Gasteiger partial charge on any atom is 0.408 e. The number of nitrogens with zero attached hydrogens (tertiary/aromatic N) is 2. The molecule has 4 aliphatic carbocycles. The standard InChI is InChI=1S/C17H25N3O3/c1-15(2,3)23-14(21)19-17-6-11-4-12(17)7-16(5-11,9-17)8-13-18-10-22-20-13/h10-12H,4-9H2,1-3H3,(H,19,21). The SMILES string of the molecule is CC(C)(C)OC(=O)NC12CC3CC1CC(Cc1ncon1)(C3)C2. The maximum atomic E-state index is 12.3. The number of rotatable bonds is 3. The molecule has 0 saturated heterocycles. The van der Waals surface area contributed by atoms with Gasteiger partial charge in [0.25, 0.3) is 0 Å². The van der Waals surface area contributed by atoms with Crippen molar-refractivity contribution >= 4 is 6.09 Å². The Morgan fingerprint density at radius 3 is 2.96 bits per heavy atom. The summed E-state index contributed by atoms with van der Waals surface area (Å²) < 4.78 is 10.4. The minimum Gasteiger partial charge on any atom is -0.444 e. The molecule has 1 amide bonds. The van der Waals surface area contributed by atoms with E-state index in [4.69, 9.17) is 9.26 Å². The van der Waals surface area contributed by atoms with Crippen molar-refractivity contribution in [1.82, 2.24) is 15.5 Å². The molecule has 23 heavy (non-hydrogen) atoms. The van der Waals surface area contributed by atoms with E-state index in [9.17, 15) is 4.79 Å². The van der Waals surface area contributed by atoms with E-state index in [-0.39, 0.29) is 17.0 Å². The van der Waals surface area contributed by atoms with Crippen LogP contribution in [0.2, 0.25) is 0 Å². The number of carbonyl (C=O) groups excluding carboxylic acids is 1. The highest BCUT2D eigenvalue weighted by Gasteiger charge is 2.64. The normalized spacial score (nSPS) is 38.0. The molecule has 6 heteroatoms. The van der Waals surface area contributed by atoms with Crippen LogP contribution in [0, 0.1) is 17.3 Å². The first kappa shape index (κ1) is 15.0. The Kier molecular flexibility index (Phi) is 3.06. The lowest BCUT2D eigenvalue weighted by molar-refractivity contribution is 0.0410. The molecule has 1 heterocycles. The van der Waals surface area contributed by atoms with Gasteiger partial charge in [-0.1, -0.05) is 5.16 Å². The third kappa shape index (κ3) is 2.62. The predicted octanol–water partition coefficient (Wildman–Crippen LogP) is 3.09. The van der Waals surface area contributed by atoms with Crippen LogP contribution in [0.1, 0.15) is 58.7 Å². The molecule has 1 aromatic rings. The lowest BCUT2D eigenvalue weighted by atomic mass is 9.67. The average Bonchev–Trinajstić information content (AvgIpc) is 2.99. The summed E-state index contributed by atoms with van der Waals surface area (Å²) in [6.45, 7) is 5.71. The Morgan fingerprint density at radius 1 is 1.43 bits per heavy atom. The summed E-state index contributed by atoms with van der Waals surface area (Å²) in [5.74, 6) is 2.05. The van der Waals surface area contributed by atoms with Crippen LogP contribution in [0.4, 0.5) is 4.79 Å². The average molecular weight is 319 g/mol. The zero-order valence-electron chi connectivity index (χ0n) is 14.1. The molecule has 4 aliphatic rings. The zero-order chi connectivity index (χ0) is 16.3. The van der Waals surface area contributed by atoms with Crippen molar-refractivity contribution in [1.29, 1.82) is 0 Å². The van der Waals surface area contributed by atoms with Gasteiger partial charge in [-0.25, -0.2) is 4.79 Å². The summed E-state index contributed by atoms with van der Waals surface area (Å²) in [5, 5.41) is 7.25. The maximum absolute atomic E-state index is 12.3. The van der Waals surface area contributed by atoms with Gasteiger partial charge in [0.05, 0.1) is 0 Å². The van der Waals surface area contributed by atoms with Crippen molar-refractivity contribution in [3.8, 4) is 0 Å². The van der Waals surface area contributed by atoms with E-state index < -0.39 is 5.60 Å². The van der Waals surface area contributed by atoms with Crippen LogP contribution in [0.5, 0.6) is 0 Å². The van der Waals surface area contributed by atoms with Gasteiger partial charge >= 0.3 is 6.09 Å². The van der Waals surface area contributed by atoms with Crippen LogP contribution in [-0.4, -0.2) is 27.4 Å². The molecule has 126 valence electrons. The lowest BCUT2D eigenvalue weighted by Crippen LogP contribution is -2.51. The van der Waals surface area contributed by atoms with E-state index in [2.05, 4.69) is 15.5 Å². The van der Waals surface area contributed by atoms with Gasteiger partial charge in [-0.3, -0.25) is 0 Å². The van der Waals surface area contributed by atoms with Gasteiger partial charge in [0, 0.05) is 12.0 Å². The van der Waals surface area contributed by atoms with Gasteiger partial charge in [-0.05, 0) is 70.1 Å². The monoisotopic (exact) mass is 319 g/mol. The summed E-state index contributed by atoms with van der Waals surface area (Å²) in [6, 6.07) is 0. The third-order valence-electron chi connectivity index (χ3n) is 5.83. The molecule has 4 atom stereocenters. The summed E-state index contributed by atoms with van der Waals surface area (Å²) in [4.78, 5) is 16.5. The number of ether oxygens (including phenoxy) is 1. The smallest absolute Gasteiger partial charge is 0.408 e. The Labute approximate surface area is 136 Å². The summed E-state index contributed by atoms with van der Waals surface area (Å²) in [7, 11) is 0. The fraction of sp³-hybridized carbons (Fsp3) is 0.824. The molecule has 1 N–H and O–H groups in total. The first-order valence-electron chi connectivity index (χ1n) is 8.54. The largest absolute Gasteiger partial charge is 0.444 e. The van der Waals surface area contributed by atoms with E-state index in [1.807, 2.05) is 20.8 Å². The zero-order valence-corrected chi connectivity index (χ0v) is 14.1. The Balaban J connectivity index is 1.51. The van der Waals surface area contributed by atoms with Crippen molar-refractivity contribution < 1.29 is 14.1 Å². The first-order chi connectivity index (χ1) is 10.8. The predicted molar refractivity (Wildman–Crippen MR) is 82.6 cm³/mol. The quantitative estimate of drug-likeness (QED) is 0.926. The molecule has 0 aromatic carbocycles. The van der Waals surface area contributed by atoms with Crippen LogP contribution in [0.25, 0.3) is 0 Å². The van der Waals surface area contributed by atoms with Gasteiger partial charge in [0.15, 0.2) is 5.82 Å². The molecule has 4 bridgehead atoms. The van der Waals surface area contributed by atoms with E-state index in [1.54, 1.807) is 0 Å². The molecule has 1 aromatic heterocycles. The summed E-state index contributed by atoms with van der Waals surface area (Å²) >= 11 is 0. The van der Waals surface area contributed by atoms with Gasteiger partial charge < -0.3 is 14.6 Å². The molecule has 4 saturated carbocycles. The second-order valence-electron chi connectivity index (χ2n) is 8.90. The second-order valence-corrected chi connectivity index (χ2v) is 8.90. The third-order valence-corrected chi connectivity index (χ3v) is 5.83. The number of carbonyl (C=O) groups is 1. The fourth-order valence-corrected chi connectivity index (χ4v) is 5.59. The van der Waals surface area contributed by atoms with Gasteiger partial charge in [0.1, 0.15) is 5.60 Å². The number of alkyl carbamates (subject to hydrolysis) is 1. The van der Waals surface area contributed by atoms with Gasteiger partial charge in [-0.2, -0.15) is 4.98 Å². The molecule has 0 radical (unpaired) electrons. The van der Waals surface area contributed by atoms with Crippen molar-refractivity contribution in [3.05, 3.63) is 12.2 Å². The second kappa shape index (κ2) is 4.71.